The fourth-order valence-corrected chi connectivity index (χ4v) is 4.92. The molecule has 0 aromatic heterocycles. The number of ether oxygens (including phenoxy) is 1. The fraction of sp³-hybridized carbons (Fsp3) is 0.227. The molecule has 5 nitrogen and oxygen atoms in total. The lowest BCUT2D eigenvalue weighted by Gasteiger charge is -2.16. The molecule has 4 rings (SSSR count). The van der Waals surface area contributed by atoms with E-state index in [-0.39, 0.29) is 11.8 Å². The molecule has 0 unspecified atom stereocenters. The van der Waals surface area contributed by atoms with E-state index < -0.39 is 0 Å². The van der Waals surface area contributed by atoms with Crippen molar-refractivity contribution >= 4 is 57.1 Å². The van der Waals surface area contributed by atoms with Gasteiger partial charge in [-0.15, -0.1) is 0 Å². The Morgan fingerprint density at radius 1 is 1.00 bits per heavy atom. The van der Waals surface area contributed by atoms with Crippen molar-refractivity contribution in [2.45, 2.75) is 20.3 Å². The fourth-order valence-electron chi connectivity index (χ4n) is 3.54. The number of hydrogen-bond donors (Lipinski definition) is 0. The highest BCUT2D eigenvalue weighted by molar-refractivity contribution is 8.27. The summed E-state index contributed by atoms with van der Waals surface area (Å²) in [6.07, 6.45) is 0.834. The smallest absolute Gasteiger partial charge is 0.271 e. The van der Waals surface area contributed by atoms with Crippen molar-refractivity contribution in [2.24, 2.45) is 0 Å². The van der Waals surface area contributed by atoms with Gasteiger partial charge in [-0.3, -0.25) is 14.5 Å². The van der Waals surface area contributed by atoms with Gasteiger partial charge in [0.25, 0.3) is 11.8 Å². The number of fused-ring (bicyclic) bond motifs is 1. The predicted molar refractivity (Wildman–Crippen MR) is 121 cm³/mol. The Bertz CT molecular complexity index is 1030. The molecule has 2 aliphatic rings. The minimum atomic E-state index is -0.263. The van der Waals surface area contributed by atoms with Gasteiger partial charge < -0.3 is 9.64 Å². The summed E-state index contributed by atoms with van der Waals surface area (Å²) in [5.41, 5.74) is 2.74. The van der Waals surface area contributed by atoms with Gasteiger partial charge in [-0.25, -0.2) is 0 Å². The molecule has 0 N–H and O–H groups in total. The molecule has 148 valence electrons. The van der Waals surface area contributed by atoms with Gasteiger partial charge in [0.1, 0.15) is 5.75 Å². The zero-order valence-corrected chi connectivity index (χ0v) is 17.8. The Morgan fingerprint density at radius 2 is 1.72 bits per heavy atom. The number of rotatable bonds is 5. The van der Waals surface area contributed by atoms with E-state index in [0.29, 0.717) is 33.6 Å². The number of hydrogen-bond acceptors (Lipinski definition) is 5. The number of amides is 2. The third kappa shape index (κ3) is 3.34. The third-order valence-corrected chi connectivity index (χ3v) is 6.15. The maximum Gasteiger partial charge on any atom is 0.271 e. The van der Waals surface area contributed by atoms with E-state index in [2.05, 4.69) is 0 Å². The topological polar surface area (TPSA) is 49.9 Å². The third-order valence-electron chi connectivity index (χ3n) is 4.77. The quantitative estimate of drug-likeness (QED) is 0.518. The van der Waals surface area contributed by atoms with Gasteiger partial charge in [0.05, 0.1) is 28.5 Å². The second-order valence-electron chi connectivity index (χ2n) is 6.61. The van der Waals surface area contributed by atoms with E-state index in [1.54, 1.807) is 17.0 Å². The van der Waals surface area contributed by atoms with Crippen LogP contribution >= 0.6 is 24.0 Å². The molecule has 2 amide bonds. The van der Waals surface area contributed by atoms with Gasteiger partial charge in [0, 0.05) is 12.1 Å². The van der Waals surface area contributed by atoms with Crippen LogP contribution in [0.4, 0.5) is 11.4 Å². The number of para-hydroxylation sites is 1. The molecule has 2 aromatic rings. The summed E-state index contributed by atoms with van der Waals surface area (Å²) in [7, 11) is 0. The average Bonchev–Trinajstić information content (AvgIpc) is 3.16. The maximum absolute atomic E-state index is 13.3. The first-order valence-corrected chi connectivity index (χ1v) is 10.7. The zero-order valence-electron chi connectivity index (χ0n) is 16.2. The van der Waals surface area contributed by atoms with Gasteiger partial charge in [-0.2, -0.15) is 0 Å². The number of nitrogens with zero attached hydrogens (tertiary/aromatic N) is 2. The lowest BCUT2D eigenvalue weighted by atomic mass is 10.1. The van der Waals surface area contributed by atoms with E-state index in [0.717, 1.165) is 23.4 Å². The van der Waals surface area contributed by atoms with Crippen LogP contribution in [0.1, 0.15) is 25.8 Å². The molecular formula is C22H20N2O3S2. The molecule has 2 aromatic carbocycles. The molecule has 0 bridgehead atoms. The van der Waals surface area contributed by atoms with Crippen LogP contribution in [0.3, 0.4) is 0 Å². The highest BCUT2D eigenvalue weighted by Gasteiger charge is 2.42. The zero-order chi connectivity index (χ0) is 20.5. The van der Waals surface area contributed by atoms with Crippen LogP contribution in [-0.4, -0.2) is 29.3 Å². The van der Waals surface area contributed by atoms with Crippen molar-refractivity contribution in [3.63, 3.8) is 0 Å². The number of carbonyl (C=O) groups is 2. The molecule has 7 heteroatoms. The Morgan fingerprint density at radius 3 is 2.41 bits per heavy atom. The standard InChI is InChI=1S/C22H20N2O3S2/c1-3-13-23-17-8-6-5-7-16(17)18(20(23)25)19-21(26)24(22(28)29-19)14-9-11-15(12-10-14)27-4-2/h5-12H,3-4,13H2,1-2H3/b19-18-. The molecule has 2 aliphatic heterocycles. The van der Waals surface area contributed by atoms with E-state index in [9.17, 15) is 9.59 Å². The van der Waals surface area contributed by atoms with Crippen molar-refractivity contribution in [3.8, 4) is 5.75 Å². The van der Waals surface area contributed by atoms with Crippen molar-refractivity contribution < 1.29 is 14.3 Å². The predicted octanol–water partition coefficient (Wildman–Crippen LogP) is 4.62. The number of carbonyl (C=O) groups excluding carboxylic acids is 2. The number of thioether (sulfide) groups is 1. The van der Waals surface area contributed by atoms with Crippen LogP contribution in [0.5, 0.6) is 5.75 Å². The van der Waals surface area contributed by atoms with Gasteiger partial charge in [-0.1, -0.05) is 49.1 Å². The summed E-state index contributed by atoms with van der Waals surface area (Å²) in [5, 5.41) is 0. The molecule has 0 atom stereocenters. The first-order chi connectivity index (χ1) is 14.1. The normalized spacial score (nSPS) is 18.6. The lowest BCUT2D eigenvalue weighted by molar-refractivity contribution is -0.115. The molecule has 0 spiro atoms. The minimum absolute atomic E-state index is 0.139. The number of anilines is 2. The summed E-state index contributed by atoms with van der Waals surface area (Å²) in [4.78, 5) is 30.1. The first-order valence-electron chi connectivity index (χ1n) is 9.51. The number of thiocarbonyl (C=S) groups is 1. The second kappa shape index (κ2) is 8.00. The van der Waals surface area contributed by atoms with E-state index in [1.165, 1.54) is 16.7 Å². The van der Waals surface area contributed by atoms with Crippen molar-refractivity contribution in [3.05, 3.63) is 59.0 Å². The largest absolute Gasteiger partial charge is 0.494 e. The van der Waals surface area contributed by atoms with E-state index in [1.807, 2.05) is 50.2 Å². The summed E-state index contributed by atoms with van der Waals surface area (Å²) in [5.74, 6) is 0.330. The van der Waals surface area contributed by atoms with Crippen molar-refractivity contribution in [1.82, 2.24) is 0 Å². The summed E-state index contributed by atoms with van der Waals surface area (Å²) < 4.78 is 5.88. The Labute approximate surface area is 179 Å². The Balaban J connectivity index is 1.74. The Hall–Kier alpha value is -2.64. The minimum Gasteiger partial charge on any atom is -0.494 e. The molecule has 0 radical (unpaired) electrons. The van der Waals surface area contributed by atoms with Gasteiger partial charge in [0.2, 0.25) is 0 Å². The average molecular weight is 425 g/mol. The number of benzene rings is 2. The highest BCUT2D eigenvalue weighted by atomic mass is 32.2. The molecule has 2 heterocycles. The van der Waals surface area contributed by atoms with Crippen LogP contribution < -0.4 is 14.5 Å². The van der Waals surface area contributed by atoms with Crippen LogP contribution in [-0.2, 0) is 9.59 Å². The summed E-state index contributed by atoms with van der Waals surface area (Å²) in [6, 6.07) is 14.8. The summed E-state index contributed by atoms with van der Waals surface area (Å²) in [6.45, 7) is 5.13. The first kappa shape index (κ1) is 19.7. The van der Waals surface area contributed by atoms with Crippen LogP contribution in [0.25, 0.3) is 5.57 Å². The molecule has 1 fully saturated rings. The SMILES string of the molecule is CCCN1C(=O)/C(=C2\SC(=S)N(c3ccc(OCC)cc3)C2=O)c2ccccc21. The van der Waals surface area contributed by atoms with Crippen LogP contribution in [0, 0.1) is 0 Å². The molecule has 0 aliphatic carbocycles. The van der Waals surface area contributed by atoms with Gasteiger partial charge >= 0.3 is 0 Å². The van der Waals surface area contributed by atoms with E-state index >= 15 is 0 Å². The summed E-state index contributed by atoms with van der Waals surface area (Å²) >= 11 is 6.68. The maximum atomic E-state index is 13.3. The van der Waals surface area contributed by atoms with Crippen molar-refractivity contribution in [2.75, 3.05) is 23.0 Å². The lowest BCUT2D eigenvalue weighted by Crippen LogP contribution is -2.29. The van der Waals surface area contributed by atoms with Crippen LogP contribution in [0.15, 0.2) is 53.4 Å². The molecule has 0 saturated carbocycles. The van der Waals surface area contributed by atoms with E-state index in [4.69, 9.17) is 17.0 Å². The molecule has 1 saturated heterocycles. The monoisotopic (exact) mass is 424 g/mol. The van der Waals surface area contributed by atoms with Gasteiger partial charge in [0.15, 0.2) is 4.32 Å². The second-order valence-corrected chi connectivity index (χ2v) is 8.26. The molecular weight excluding hydrogens is 404 g/mol. The Kier molecular flexibility index (Phi) is 5.43. The van der Waals surface area contributed by atoms with Gasteiger partial charge in [-0.05, 0) is 43.7 Å². The van der Waals surface area contributed by atoms with Crippen molar-refractivity contribution in [1.29, 1.82) is 0 Å². The highest BCUT2D eigenvalue weighted by Crippen LogP contribution is 2.45. The molecule has 29 heavy (non-hydrogen) atoms. The van der Waals surface area contributed by atoms with Crippen LogP contribution in [0.2, 0.25) is 0 Å².